The van der Waals surface area contributed by atoms with Crippen molar-refractivity contribution in [3.63, 3.8) is 0 Å². The quantitative estimate of drug-likeness (QED) is 0.923. The summed E-state index contributed by atoms with van der Waals surface area (Å²) in [5.74, 6) is 0.0887. The van der Waals surface area contributed by atoms with Gasteiger partial charge in [0.05, 0.1) is 6.54 Å². The topological polar surface area (TPSA) is 49.4 Å². The third kappa shape index (κ3) is 3.89. The number of halogens is 2. The number of nitrogens with one attached hydrogen (secondary N) is 1. The minimum absolute atomic E-state index is 0.0367. The van der Waals surface area contributed by atoms with Crippen molar-refractivity contribution in [2.45, 2.75) is 32.9 Å². The standard InChI is InChI=1S/C15H18Cl2N2O2/c1-9(2)6-13-15(21)19(8-14(20)18-13)7-10-11(16)4-3-5-12(10)17/h3-5,9,13H,6-8H2,1-2H3,(H,18,20). The highest BCUT2D eigenvalue weighted by Gasteiger charge is 2.33. The van der Waals surface area contributed by atoms with Crippen LogP contribution in [0, 0.1) is 5.92 Å². The van der Waals surface area contributed by atoms with E-state index in [9.17, 15) is 9.59 Å². The number of rotatable bonds is 4. The van der Waals surface area contributed by atoms with Crippen LogP contribution in [-0.2, 0) is 16.1 Å². The molecule has 1 N–H and O–H groups in total. The lowest BCUT2D eigenvalue weighted by Crippen LogP contribution is -2.57. The van der Waals surface area contributed by atoms with Crippen molar-refractivity contribution in [2.24, 2.45) is 5.92 Å². The van der Waals surface area contributed by atoms with E-state index in [4.69, 9.17) is 23.2 Å². The summed E-state index contributed by atoms with van der Waals surface area (Å²) < 4.78 is 0. The fourth-order valence-electron chi connectivity index (χ4n) is 2.41. The minimum Gasteiger partial charge on any atom is -0.343 e. The number of hydrogen-bond acceptors (Lipinski definition) is 2. The highest BCUT2D eigenvalue weighted by Crippen LogP contribution is 2.26. The van der Waals surface area contributed by atoms with Gasteiger partial charge in [-0.2, -0.15) is 0 Å². The monoisotopic (exact) mass is 328 g/mol. The van der Waals surface area contributed by atoms with Gasteiger partial charge in [-0.1, -0.05) is 43.1 Å². The molecule has 4 nitrogen and oxygen atoms in total. The second-order valence-electron chi connectivity index (χ2n) is 5.64. The molecular formula is C15H18Cl2N2O2. The maximum atomic E-state index is 12.5. The van der Waals surface area contributed by atoms with E-state index < -0.39 is 6.04 Å². The van der Waals surface area contributed by atoms with Crippen molar-refractivity contribution in [3.05, 3.63) is 33.8 Å². The summed E-state index contributed by atoms with van der Waals surface area (Å²) in [6, 6.07) is 4.74. The molecule has 1 aromatic rings. The molecule has 6 heteroatoms. The molecule has 1 unspecified atom stereocenters. The molecule has 1 aliphatic heterocycles. The number of piperazine rings is 1. The lowest BCUT2D eigenvalue weighted by atomic mass is 10.0. The minimum atomic E-state index is -0.465. The molecule has 1 atom stereocenters. The average Bonchev–Trinajstić information content (AvgIpc) is 2.38. The lowest BCUT2D eigenvalue weighted by molar-refractivity contribution is -0.145. The largest absolute Gasteiger partial charge is 0.343 e. The maximum Gasteiger partial charge on any atom is 0.245 e. The Hall–Kier alpha value is -1.26. The first-order valence-corrected chi connectivity index (χ1v) is 7.65. The number of amides is 2. The van der Waals surface area contributed by atoms with Gasteiger partial charge in [0, 0.05) is 22.2 Å². The molecule has 0 aromatic heterocycles. The molecule has 1 heterocycles. The van der Waals surface area contributed by atoms with E-state index in [-0.39, 0.29) is 24.9 Å². The molecule has 2 rings (SSSR count). The predicted octanol–water partition coefficient (Wildman–Crippen LogP) is 2.87. The van der Waals surface area contributed by atoms with E-state index >= 15 is 0 Å². The summed E-state index contributed by atoms with van der Waals surface area (Å²) in [4.78, 5) is 25.8. The van der Waals surface area contributed by atoms with Crippen molar-refractivity contribution in [1.29, 1.82) is 0 Å². The van der Waals surface area contributed by atoms with Gasteiger partial charge < -0.3 is 10.2 Å². The molecule has 0 radical (unpaired) electrons. The van der Waals surface area contributed by atoms with E-state index in [1.54, 1.807) is 18.2 Å². The Morgan fingerprint density at radius 2 is 1.90 bits per heavy atom. The van der Waals surface area contributed by atoms with Gasteiger partial charge in [-0.15, -0.1) is 0 Å². The second-order valence-corrected chi connectivity index (χ2v) is 6.46. The van der Waals surface area contributed by atoms with Crippen LogP contribution in [0.5, 0.6) is 0 Å². The van der Waals surface area contributed by atoms with Gasteiger partial charge in [0.1, 0.15) is 6.04 Å². The fourth-order valence-corrected chi connectivity index (χ4v) is 2.93. The number of nitrogens with zero attached hydrogens (tertiary/aromatic N) is 1. The van der Waals surface area contributed by atoms with Gasteiger partial charge in [-0.25, -0.2) is 0 Å². The molecule has 0 bridgehead atoms. The van der Waals surface area contributed by atoms with Crippen LogP contribution in [0.2, 0.25) is 10.0 Å². The lowest BCUT2D eigenvalue weighted by Gasteiger charge is -2.33. The molecule has 21 heavy (non-hydrogen) atoms. The third-order valence-electron chi connectivity index (χ3n) is 3.40. The summed E-state index contributed by atoms with van der Waals surface area (Å²) in [5, 5.41) is 3.75. The summed E-state index contributed by atoms with van der Waals surface area (Å²) in [5.41, 5.74) is 0.673. The normalized spacial score (nSPS) is 19.1. The molecular weight excluding hydrogens is 311 g/mol. The van der Waals surface area contributed by atoms with Gasteiger partial charge >= 0.3 is 0 Å². The molecule has 2 amide bonds. The summed E-state index contributed by atoms with van der Waals surface area (Å²) in [6.45, 7) is 4.32. The van der Waals surface area contributed by atoms with Crippen LogP contribution in [0.25, 0.3) is 0 Å². The Morgan fingerprint density at radius 1 is 1.29 bits per heavy atom. The highest BCUT2D eigenvalue weighted by molar-refractivity contribution is 6.36. The molecule has 0 aliphatic carbocycles. The first kappa shape index (κ1) is 16.1. The van der Waals surface area contributed by atoms with Gasteiger partial charge in [0.25, 0.3) is 0 Å². The Balaban J connectivity index is 2.18. The average molecular weight is 329 g/mol. The number of carbonyl (C=O) groups excluding carboxylic acids is 2. The summed E-state index contributed by atoms with van der Waals surface area (Å²) in [6.07, 6.45) is 0.622. The van der Waals surface area contributed by atoms with Crippen molar-refractivity contribution >= 4 is 35.0 Å². The van der Waals surface area contributed by atoms with E-state index in [2.05, 4.69) is 5.32 Å². The number of benzene rings is 1. The van der Waals surface area contributed by atoms with Crippen molar-refractivity contribution in [3.8, 4) is 0 Å². The first-order valence-electron chi connectivity index (χ1n) is 6.89. The molecule has 1 aromatic carbocycles. The number of hydrogen-bond donors (Lipinski definition) is 1. The van der Waals surface area contributed by atoms with Crippen LogP contribution < -0.4 is 5.32 Å². The Bertz CT molecular complexity index is 540. The van der Waals surface area contributed by atoms with Crippen molar-refractivity contribution < 1.29 is 9.59 Å². The Morgan fingerprint density at radius 3 is 2.48 bits per heavy atom. The fraction of sp³-hybridized carbons (Fsp3) is 0.467. The first-order chi connectivity index (χ1) is 9.88. The van der Waals surface area contributed by atoms with E-state index in [0.717, 1.165) is 0 Å². The van der Waals surface area contributed by atoms with E-state index in [0.29, 0.717) is 27.9 Å². The Kier molecular flexibility index (Phi) is 5.12. The molecule has 1 saturated heterocycles. The van der Waals surface area contributed by atoms with Crippen molar-refractivity contribution in [2.75, 3.05) is 6.54 Å². The third-order valence-corrected chi connectivity index (χ3v) is 4.11. The zero-order chi connectivity index (χ0) is 15.6. The van der Waals surface area contributed by atoms with Gasteiger partial charge in [-0.3, -0.25) is 9.59 Å². The van der Waals surface area contributed by atoms with E-state index in [1.807, 2.05) is 13.8 Å². The van der Waals surface area contributed by atoms with E-state index in [1.165, 1.54) is 4.90 Å². The second kappa shape index (κ2) is 6.67. The molecule has 1 aliphatic rings. The van der Waals surface area contributed by atoms with Gasteiger partial charge in [-0.05, 0) is 24.5 Å². The highest BCUT2D eigenvalue weighted by atomic mass is 35.5. The van der Waals surface area contributed by atoms with Crippen LogP contribution in [0.4, 0.5) is 0 Å². The van der Waals surface area contributed by atoms with Crippen LogP contribution >= 0.6 is 23.2 Å². The van der Waals surface area contributed by atoms with Crippen LogP contribution in [0.15, 0.2) is 18.2 Å². The summed E-state index contributed by atoms with van der Waals surface area (Å²) in [7, 11) is 0. The Labute approximate surface area is 134 Å². The number of carbonyl (C=O) groups is 2. The SMILES string of the molecule is CC(C)CC1NC(=O)CN(Cc2c(Cl)cccc2Cl)C1=O. The zero-order valence-electron chi connectivity index (χ0n) is 12.0. The van der Waals surface area contributed by atoms with Gasteiger partial charge in [0.15, 0.2) is 0 Å². The molecule has 0 spiro atoms. The maximum absolute atomic E-state index is 12.5. The smallest absolute Gasteiger partial charge is 0.245 e. The van der Waals surface area contributed by atoms with Crippen molar-refractivity contribution in [1.82, 2.24) is 10.2 Å². The summed E-state index contributed by atoms with van der Waals surface area (Å²) >= 11 is 12.3. The van der Waals surface area contributed by atoms with Crippen LogP contribution in [0.3, 0.4) is 0 Å². The molecule has 0 saturated carbocycles. The predicted molar refractivity (Wildman–Crippen MR) is 83.3 cm³/mol. The molecule has 1 fully saturated rings. The molecule has 114 valence electrons. The van der Waals surface area contributed by atoms with Crippen LogP contribution in [0.1, 0.15) is 25.8 Å². The zero-order valence-corrected chi connectivity index (χ0v) is 13.5. The van der Waals surface area contributed by atoms with Crippen LogP contribution in [-0.4, -0.2) is 29.3 Å². The van der Waals surface area contributed by atoms with Gasteiger partial charge in [0.2, 0.25) is 11.8 Å².